The number of thiazole rings is 1. The molecule has 4 nitrogen and oxygen atoms in total. The number of aromatic nitrogens is 3. The van der Waals surface area contributed by atoms with Crippen LogP contribution in [0.25, 0.3) is 11.0 Å². The zero-order valence-corrected chi connectivity index (χ0v) is 12.7. The molecule has 1 aromatic carbocycles. The van der Waals surface area contributed by atoms with Crippen molar-refractivity contribution in [2.45, 2.75) is 20.0 Å². The molecule has 0 fully saturated rings. The fourth-order valence-electron chi connectivity index (χ4n) is 2.23. The molecule has 104 valence electrons. The van der Waals surface area contributed by atoms with Gasteiger partial charge < -0.3 is 9.88 Å². The number of rotatable bonds is 5. The summed E-state index contributed by atoms with van der Waals surface area (Å²) in [6.45, 7) is 4.56. The van der Waals surface area contributed by atoms with Gasteiger partial charge in [-0.15, -0.1) is 11.3 Å². The maximum absolute atomic E-state index is 5.86. The van der Waals surface area contributed by atoms with Crippen LogP contribution in [0.4, 0.5) is 0 Å². The van der Waals surface area contributed by atoms with Crippen LogP contribution in [0.5, 0.6) is 0 Å². The zero-order chi connectivity index (χ0) is 13.9. The summed E-state index contributed by atoms with van der Waals surface area (Å²) in [7, 11) is 0. The van der Waals surface area contributed by atoms with Crippen molar-refractivity contribution in [2.24, 2.45) is 0 Å². The Morgan fingerprint density at radius 3 is 3.00 bits per heavy atom. The highest BCUT2D eigenvalue weighted by molar-refractivity contribution is 7.15. The van der Waals surface area contributed by atoms with Crippen molar-refractivity contribution >= 4 is 34.0 Å². The van der Waals surface area contributed by atoms with Crippen LogP contribution >= 0.6 is 22.9 Å². The summed E-state index contributed by atoms with van der Waals surface area (Å²) in [5.41, 5.74) is 2.24. The van der Waals surface area contributed by atoms with Gasteiger partial charge in [0.2, 0.25) is 0 Å². The van der Waals surface area contributed by atoms with Gasteiger partial charge in [0, 0.05) is 19.6 Å². The van der Waals surface area contributed by atoms with Gasteiger partial charge in [-0.05, 0) is 19.1 Å². The number of halogens is 1. The van der Waals surface area contributed by atoms with Gasteiger partial charge in [-0.1, -0.05) is 23.7 Å². The van der Waals surface area contributed by atoms with Crippen LogP contribution < -0.4 is 5.32 Å². The van der Waals surface area contributed by atoms with Crippen molar-refractivity contribution in [3.8, 4) is 0 Å². The molecule has 0 saturated heterocycles. The summed E-state index contributed by atoms with van der Waals surface area (Å²) in [5, 5.41) is 4.40. The van der Waals surface area contributed by atoms with E-state index in [0.717, 1.165) is 40.3 Å². The first-order chi connectivity index (χ1) is 9.74. The molecule has 0 aliphatic heterocycles. The Morgan fingerprint density at radius 2 is 2.20 bits per heavy atom. The van der Waals surface area contributed by atoms with Gasteiger partial charge in [0.25, 0.3) is 0 Å². The average molecular weight is 307 g/mol. The Hall–Kier alpha value is -1.43. The van der Waals surface area contributed by atoms with E-state index in [4.69, 9.17) is 11.6 Å². The molecule has 2 heterocycles. The Kier molecular flexibility index (Phi) is 4.00. The molecule has 1 N–H and O–H groups in total. The number of fused-ring (bicyclic) bond motifs is 1. The molecule has 0 aliphatic rings. The quantitative estimate of drug-likeness (QED) is 0.736. The number of imidazole rings is 1. The third kappa shape index (κ3) is 2.85. The minimum Gasteiger partial charge on any atom is -0.327 e. The summed E-state index contributed by atoms with van der Waals surface area (Å²) in [6.07, 6.45) is 1.69. The van der Waals surface area contributed by atoms with Crippen molar-refractivity contribution < 1.29 is 0 Å². The molecule has 0 spiro atoms. The van der Waals surface area contributed by atoms with Crippen LogP contribution in [-0.4, -0.2) is 21.1 Å². The maximum atomic E-state index is 5.86. The van der Waals surface area contributed by atoms with E-state index < -0.39 is 0 Å². The second-order valence-corrected chi connectivity index (χ2v) is 6.28. The van der Waals surface area contributed by atoms with Crippen molar-refractivity contribution in [1.29, 1.82) is 0 Å². The second kappa shape index (κ2) is 5.91. The summed E-state index contributed by atoms with van der Waals surface area (Å²) < 4.78 is 2.97. The van der Waals surface area contributed by atoms with E-state index in [0.29, 0.717) is 0 Å². The van der Waals surface area contributed by atoms with Crippen LogP contribution in [0.15, 0.2) is 30.5 Å². The van der Waals surface area contributed by atoms with Crippen LogP contribution in [-0.2, 0) is 13.1 Å². The zero-order valence-electron chi connectivity index (χ0n) is 11.1. The molecular weight excluding hydrogens is 292 g/mol. The SMILES string of the molecule is Cc1nc2ccccc2n1CCNCc1ncc(Cl)s1. The first kappa shape index (κ1) is 13.5. The van der Waals surface area contributed by atoms with E-state index in [2.05, 4.69) is 25.9 Å². The minimum atomic E-state index is 0.734. The number of hydrogen-bond acceptors (Lipinski definition) is 4. The lowest BCUT2D eigenvalue weighted by atomic mass is 10.3. The molecule has 2 aromatic heterocycles. The van der Waals surface area contributed by atoms with Gasteiger partial charge in [-0.25, -0.2) is 9.97 Å². The van der Waals surface area contributed by atoms with E-state index in [-0.39, 0.29) is 0 Å². The van der Waals surface area contributed by atoms with Gasteiger partial charge in [-0.2, -0.15) is 0 Å². The van der Waals surface area contributed by atoms with E-state index in [1.807, 2.05) is 25.1 Å². The van der Waals surface area contributed by atoms with Crippen LogP contribution in [0.1, 0.15) is 10.8 Å². The fraction of sp³-hybridized carbons (Fsp3) is 0.286. The predicted molar refractivity (Wildman–Crippen MR) is 83.3 cm³/mol. The molecule has 3 rings (SSSR count). The Labute approximate surface area is 126 Å². The third-order valence-corrected chi connectivity index (χ3v) is 4.27. The minimum absolute atomic E-state index is 0.734. The van der Waals surface area contributed by atoms with Crippen LogP contribution in [0, 0.1) is 6.92 Å². The highest BCUT2D eigenvalue weighted by Crippen LogP contribution is 2.18. The summed E-state index contributed by atoms with van der Waals surface area (Å²) in [4.78, 5) is 8.78. The average Bonchev–Trinajstić information content (AvgIpc) is 2.98. The number of para-hydroxylation sites is 2. The smallest absolute Gasteiger partial charge is 0.113 e. The van der Waals surface area contributed by atoms with E-state index in [9.17, 15) is 0 Å². The van der Waals surface area contributed by atoms with Gasteiger partial charge in [0.15, 0.2) is 0 Å². The topological polar surface area (TPSA) is 42.7 Å². The summed E-state index contributed by atoms with van der Waals surface area (Å²) in [5.74, 6) is 1.05. The van der Waals surface area contributed by atoms with E-state index >= 15 is 0 Å². The van der Waals surface area contributed by atoms with Gasteiger partial charge in [0.05, 0.1) is 17.2 Å². The molecule has 0 atom stereocenters. The standard InChI is InChI=1S/C14H15ClN4S/c1-10-18-11-4-2-3-5-12(11)19(10)7-6-16-9-14-17-8-13(15)20-14/h2-5,8,16H,6-7,9H2,1H3. The molecule has 20 heavy (non-hydrogen) atoms. The summed E-state index contributed by atoms with van der Waals surface area (Å²) >= 11 is 7.37. The first-order valence-corrected chi connectivity index (χ1v) is 7.66. The molecule has 0 saturated carbocycles. The second-order valence-electron chi connectivity index (χ2n) is 4.53. The van der Waals surface area contributed by atoms with Crippen molar-refractivity contribution in [3.05, 3.63) is 45.6 Å². The predicted octanol–water partition coefficient (Wildman–Crippen LogP) is 3.24. The number of hydrogen-bond donors (Lipinski definition) is 1. The molecule has 3 aromatic rings. The highest BCUT2D eigenvalue weighted by Gasteiger charge is 2.06. The number of aryl methyl sites for hydroxylation is 1. The van der Waals surface area contributed by atoms with Crippen molar-refractivity contribution in [1.82, 2.24) is 19.9 Å². The lowest BCUT2D eigenvalue weighted by Crippen LogP contribution is -2.19. The largest absolute Gasteiger partial charge is 0.327 e. The fourth-order valence-corrected chi connectivity index (χ4v) is 3.16. The maximum Gasteiger partial charge on any atom is 0.113 e. The molecule has 0 unspecified atom stereocenters. The van der Waals surface area contributed by atoms with E-state index in [1.165, 1.54) is 16.9 Å². The number of nitrogens with zero attached hydrogens (tertiary/aromatic N) is 3. The van der Waals surface area contributed by atoms with Crippen molar-refractivity contribution in [3.63, 3.8) is 0 Å². The lowest BCUT2D eigenvalue weighted by molar-refractivity contribution is 0.596. The molecule has 0 aliphatic carbocycles. The highest BCUT2D eigenvalue weighted by atomic mass is 35.5. The Balaban J connectivity index is 1.61. The van der Waals surface area contributed by atoms with Gasteiger partial charge >= 0.3 is 0 Å². The monoisotopic (exact) mass is 306 g/mol. The lowest BCUT2D eigenvalue weighted by Gasteiger charge is -2.07. The first-order valence-electron chi connectivity index (χ1n) is 6.47. The summed E-state index contributed by atoms with van der Waals surface area (Å²) in [6, 6.07) is 8.22. The number of benzene rings is 1. The van der Waals surface area contributed by atoms with Gasteiger partial charge in [0.1, 0.15) is 15.2 Å². The van der Waals surface area contributed by atoms with Crippen LogP contribution in [0.2, 0.25) is 4.34 Å². The number of nitrogens with one attached hydrogen (secondary N) is 1. The molecule has 0 amide bonds. The van der Waals surface area contributed by atoms with Gasteiger partial charge in [-0.3, -0.25) is 0 Å². The Morgan fingerprint density at radius 1 is 1.35 bits per heavy atom. The molecule has 0 bridgehead atoms. The molecule has 6 heteroatoms. The van der Waals surface area contributed by atoms with E-state index in [1.54, 1.807) is 6.20 Å². The molecule has 0 radical (unpaired) electrons. The van der Waals surface area contributed by atoms with Crippen molar-refractivity contribution in [2.75, 3.05) is 6.54 Å². The Bertz CT molecular complexity index is 719. The normalized spacial score (nSPS) is 11.3. The van der Waals surface area contributed by atoms with Crippen LogP contribution in [0.3, 0.4) is 0 Å². The molecular formula is C14H15ClN4S. The third-order valence-electron chi connectivity index (χ3n) is 3.16.